The summed E-state index contributed by atoms with van der Waals surface area (Å²) in [5.74, 6) is 1.46. The van der Waals surface area contributed by atoms with Crippen LogP contribution in [0.25, 0.3) is 0 Å². The van der Waals surface area contributed by atoms with Crippen LogP contribution in [0.2, 0.25) is 0 Å². The molecule has 1 aromatic heterocycles. The number of imidazole rings is 1. The Morgan fingerprint density at radius 1 is 1.28 bits per heavy atom. The van der Waals surface area contributed by atoms with Gasteiger partial charge in [-0.2, -0.15) is 4.98 Å². The lowest BCUT2D eigenvalue weighted by Gasteiger charge is -2.11. The Morgan fingerprint density at radius 2 is 2.00 bits per heavy atom. The van der Waals surface area contributed by atoms with Crippen molar-refractivity contribution in [2.45, 2.75) is 19.9 Å². The summed E-state index contributed by atoms with van der Waals surface area (Å²) >= 11 is 3.36. The van der Waals surface area contributed by atoms with Crippen LogP contribution >= 0.6 is 15.9 Å². The number of nitrogens with zero attached hydrogens (tertiary/aromatic N) is 2. The van der Waals surface area contributed by atoms with Crippen LogP contribution in [0.1, 0.15) is 19.9 Å². The monoisotopic (exact) mass is 310 g/mol. The van der Waals surface area contributed by atoms with Crippen molar-refractivity contribution in [3.05, 3.63) is 35.1 Å². The summed E-state index contributed by atoms with van der Waals surface area (Å²) in [7, 11) is 1.63. The van der Waals surface area contributed by atoms with Gasteiger partial charge >= 0.3 is 6.01 Å². The molecule has 0 unspecified atom stereocenters. The average Bonchev–Trinajstić information content (AvgIpc) is 2.70. The van der Waals surface area contributed by atoms with E-state index >= 15 is 0 Å². The van der Waals surface area contributed by atoms with Gasteiger partial charge in [-0.05, 0) is 41.9 Å². The quantitative estimate of drug-likeness (QED) is 0.855. The van der Waals surface area contributed by atoms with Crippen molar-refractivity contribution in [2.24, 2.45) is 0 Å². The average molecular weight is 311 g/mol. The third-order valence-electron chi connectivity index (χ3n) is 2.48. The molecule has 0 saturated heterocycles. The van der Waals surface area contributed by atoms with E-state index in [4.69, 9.17) is 9.47 Å². The van der Waals surface area contributed by atoms with Crippen molar-refractivity contribution in [2.75, 3.05) is 7.11 Å². The molecule has 2 rings (SSSR count). The van der Waals surface area contributed by atoms with Gasteiger partial charge in [0.1, 0.15) is 16.1 Å². The molecule has 0 spiro atoms. The lowest BCUT2D eigenvalue weighted by atomic mass is 10.3. The Hall–Kier alpha value is -1.49. The van der Waals surface area contributed by atoms with Crippen LogP contribution in [-0.4, -0.2) is 16.7 Å². The van der Waals surface area contributed by atoms with E-state index in [1.807, 2.05) is 35.0 Å². The first-order valence-electron chi connectivity index (χ1n) is 5.66. The second-order valence-corrected chi connectivity index (χ2v) is 4.94. The van der Waals surface area contributed by atoms with E-state index in [9.17, 15) is 0 Å². The first-order chi connectivity index (χ1) is 8.60. The molecular weight excluding hydrogens is 296 g/mol. The number of ether oxygens (including phenoxy) is 2. The number of hydrogen-bond acceptors (Lipinski definition) is 3. The summed E-state index contributed by atoms with van der Waals surface area (Å²) in [6.07, 6.45) is 1.90. The molecule has 0 radical (unpaired) electrons. The first kappa shape index (κ1) is 13.0. The fourth-order valence-corrected chi connectivity index (χ4v) is 1.94. The second-order valence-electron chi connectivity index (χ2n) is 4.13. The Balaban J connectivity index is 2.27. The smallest absolute Gasteiger partial charge is 0.303 e. The van der Waals surface area contributed by atoms with Crippen molar-refractivity contribution < 1.29 is 9.47 Å². The molecule has 1 aromatic carbocycles. The molecule has 0 atom stereocenters. The highest BCUT2D eigenvalue weighted by Gasteiger charge is 2.11. The van der Waals surface area contributed by atoms with E-state index in [1.165, 1.54) is 0 Å². The Morgan fingerprint density at radius 3 is 2.67 bits per heavy atom. The largest absolute Gasteiger partial charge is 0.497 e. The Bertz CT molecular complexity index is 538. The number of methoxy groups -OCH3 is 1. The molecule has 0 aliphatic heterocycles. The number of halogens is 1. The molecule has 18 heavy (non-hydrogen) atoms. The molecular formula is C13H15BrN2O2. The molecule has 2 aromatic rings. The van der Waals surface area contributed by atoms with Crippen LogP contribution in [0.5, 0.6) is 17.5 Å². The zero-order valence-electron chi connectivity index (χ0n) is 10.6. The van der Waals surface area contributed by atoms with Gasteiger partial charge < -0.3 is 9.47 Å². The van der Waals surface area contributed by atoms with Crippen molar-refractivity contribution in [1.82, 2.24) is 9.55 Å². The van der Waals surface area contributed by atoms with Gasteiger partial charge in [-0.1, -0.05) is 6.07 Å². The maximum Gasteiger partial charge on any atom is 0.303 e. The van der Waals surface area contributed by atoms with Gasteiger partial charge in [0.25, 0.3) is 0 Å². The van der Waals surface area contributed by atoms with Crippen LogP contribution in [-0.2, 0) is 0 Å². The molecule has 0 aliphatic rings. The maximum atomic E-state index is 5.78. The minimum Gasteiger partial charge on any atom is -0.497 e. The standard InChI is InChI=1S/C13H15BrN2O2/c1-9(2)16-8-12(14)15-13(16)18-11-6-4-5-10(7-11)17-3/h4-9H,1-3H3. The lowest BCUT2D eigenvalue weighted by molar-refractivity contribution is 0.385. The number of benzene rings is 1. The molecule has 1 heterocycles. The third-order valence-corrected chi connectivity index (χ3v) is 2.86. The number of aromatic nitrogens is 2. The molecule has 0 aliphatic carbocycles. The van der Waals surface area contributed by atoms with Crippen molar-refractivity contribution in [1.29, 1.82) is 0 Å². The van der Waals surface area contributed by atoms with Gasteiger partial charge in [-0.15, -0.1) is 0 Å². The zero-order chi connectivity index (χ0) is 13.1. The van der Waals surface area contributed by atoms with Gasteiger partial charge in [0.2, 0.25) is 0 Å². The second kappa shape index (κ2) is 5.44. The predicted octanol–water partition coefficient (Wildman–Crippen LogP) is 4.03. The molecule has 96 valence electrons. The maximum absolute atomic E-state index is 5.78. The normalized spacial score (nSPS) is 10.7. The first-order valence-corrected chi connectivity index (χ1v) is 6.45. The molecule has 0 saturated carbocycles. The fourth-order valence-electron chi connectivity index (χ4n) is 1.56. The molecule has 4 nitrogen and oxygen atoms in total. The van der Waals surface area contributed by atoms with Crippen molar-refractivity contribution >= 4 is 15.9 Å². The van der Waals surface area contributed by atoms with E-state index < -0.39 is 0 Å². The van der Waals surface area contributed by atoms with Gasteiger partial charge in [0.05, 0.1) is 7.11 Å². The van der Waals surface area contributed by atoms with Gasteiger partial charge in [0.15, 0.2) is 0 Å². The predicted molar refractivity (Wildman–Crippen MR) is 73.4 cm³/mol. The molecule has 0 amide bonds. The van der Waals surface area contributed by atoms with E-state index in [2.05, 4.69) is 34.8 Å². The van der Waals surface area contributed by atoms with Crippen molar-refractivity contribution in [3.8, 4) is 17.5 Å². The molecule has 0 N–H and O–H groups in total. The van der Waals surface area contributed by atoms with Crippen LogP contribution < -0.4 is 9.47 Å². The lowest BCUT2D eigenvalue weighted by Crippen LogP contribution is -2.02. The summed E-state index contributed by atoms with van der Waals surface area (Å²) in [6.45, 7) is 4.15. The number of hydrogen-bond donors (Lipinski definition) is 0. The van der Waals surface area contributed by atoms with Crippen LogP contribution in [0, 0.1) is 0 Å². The summed E-state index contributed by atoms with van der Waals surface area (Å²) < 4.78 is 13.7. The minimum absolute atomic E-state index is 0.282. The molecule has 0 fully saturated rings. The molecule has 0 bridgehead atoms. The van der Waals surface area contributed by atoms with E-state index in [0.29, 0.717) is 11.8 Å². The van der Waals surface area contributed by atoms with Crippen LogP contribution in [0.4, 0.5) is 0 Å². The van der Waals surface area contributed by atoms with Crippen molar-refractivity contribution in [3.63, 3.8) is 0 Å². The highest BCUT2D eigenvalue weighted by atomic mass is 79.9. The summed E-state index contributed by atoms with van der Waals surface area (Å²) in [5, 5.41) is 0. The van der Waals surface area contributed by atoms with E-state index in [0.717, 1.165) is 10.4 Å². The Labute approximate surface area is 115 Å². The highest BCUT2D eigenvalue weighted by Crippen LogP contribution is 2.27. The van der Waals surface area contributed by atoms with Gasteiger partial charge in [-0.3, -0.25) is 4.57 Å². The SMILES string of the molecule is COc1cccc(Oc2nc(Br)cn2C(C)C)c1. The van der Waals surface area contributed by atoms with Crippen LogP contribution in [0.15, 0.2) is 35.1 Å². The van der Waals surface area contributed by atoms with Crippen LogP contribution in [0.3, 0.4) is 0 Å². The number of rotatable bonds is 4. The summed E-state index contributed by atoms with van der Waals surface area (Å²) in [4.78, 5) is 4.30. The van der Waals surface area contributed by atoms with E-state index in [1.54, 1.807) is 7.11 Å². The molecule has 5 heteroatoms. The van der Waals surface area contributed by atoms with E-state index in [-0.39, 0.29) is 6.04 Å². The summed E-state index contributed by atoms with van der Waals surface area (Å²) in [6, 6.07) is 8.29. The highest BCUT2D eigenvalue weighted by molar-refractivity contribution is 9.10. The van der Waals surface area contributed by atoms with Gasteiger partial charge in [-0.25, -0.2) is 0 Å². The fraction of sp³-hybridized carbons (Fsp3) is 0.308. The minimum atomic E-state index is 0.282. The third kappa shape index (κ3) is 2.85. The zero-order valence-corrected chi connectivity index (χ0v) is 12.1. The van der Waals surface area contributed by atoms with Gasteiger partial charge in [0, 0.05) is 18.3 Å². The Kier molecular flexibility index (Phi) is 3.91. The summed E-state index contributed by atoms with van der Waals surface area (Å²) in [5.41, 5.74) is 0. The topological polar surface area (TPSA) is 36.3 Å².